The summed E-state index contributed by atoms with van der Waals surface area (Å²) in [5.41, 5.74) is 0.947. The van der Waals surface area contributed by atoms with E-state index < -0.39 is 6.10 Å². The smallest absolute Gasteiger partial charge is 0.220 e. The molecule has 3 atom stereocenters. The standard InChI is InChI=1S/C23H34N2O4/c1-17(26)25-20-7-11-23(12-8-21(20)27,19-5-3-2-4-6-19)16-24-22(28)15-18-9-13-29-14-10-18/h2-6,18,20-21,27H,7-16H2,1H3,(H,24,28)(H,25,26)/t20-,21-,23-/m0/s1. The summed E-state index contributed by atoms with van der Waals surface area (Å²) in [6.45, 7) is 3.53. The highest BCUT2D eigenvalue weighted by Crippen LogP contribution is 2.38. The van der Waals surface area contributed by atoms with Crippen LogP contribution in [-0.2, 0) is 19.7 Å². The van der Waals surface area contributed by atoms with Gasteiger partial charge in [0.05, 0.1) is 12.1 Å². The Kier molecular flexibility index (Phi) is 7.67. The molecular weight excluding hydrogens is 368 g/mol. The van der Waals surface area contributed by atoms with Gasteiger partial charge in [-0.2, -0.15) is 0 Å². The van der Waals surface area contributed by atoms with E-state index in [1.165, 1.54) is 12.5 Å². The number of carbonyl (C=O) groups excluding carboxylic acids is 2. The highest BCUT2D eigenvalue weighted by Gasteiger charge is 2.38. The molecule has 0 aromatic heterocycles. The van der Waals surface area contributed by atoms with E-state index in [1.54, 1.807) is 0 Å². The van der Waals surface area contributed by atoms with Gasteiger partial charge in [-0.25, -0.2) is 0 Å². The number of hydrogen-bond acceptors (Lipinski definition) is 4. The Morgan fingerprint density at radius 1 is 1.10 bits per heavy atom. The van der Waals surface area contributed by atoms with Gasteiger partial charge in [-0.15, -0.1) is 0 Å². The maximum Gasteiger partial charge on any atom is 0.220 e. The van der Waals surface area contributed by atoms with Gasteiger partial charge in [0.1, 0.15) is 0 Å². The number of rotatable bonds is 6. The number of ether oxygens (including phenoxy) is 1. The number of aliphatic hydroxyl groups is 1. The van der Waals surface area contributed by atoms with E-state index in [4.69, 9.17) is 4.74 Å². The van der Waals surface area contributed by atoms with Crippen molar-refractivity contribution in [3.05, 3.63) is 35.9 Å². The lowest BCUT2D eigenvalue weighted by molar-refractivity contribution is -0.123. The Morgan fingerprint density at radius 2 is 1.79 bits per heavy atom. The molecule has 0 unspecified atom stereocenters. The average molecular weight is 403 g/mol. The van der Waals surface area contributed by atoms with Gasteiger partial charge in [0.25, 0.3) is 0 Å². The Balaban J connectivity index is 1.69. The summed E-state index contributed by atoms with van der Waals surface area (Å²) in [5.74, 6) is 0.373. The highest BCUT2D eigenvalue weighted by molar-refractivity contribution is 5.76. The van der Waals surface area contributed by atoms with E-state index in [0.717, 1.165) is 38.9 Å². The third-order valence-electron chi connectivity index (χ3n) is 6.53. The minimum absolute atomic E-state index is 0.0930. The summed E-state index contributed by atoms with van der Waals surface area (Å²) >= 11 is 0. The first-order valence-corrected chi connectivity index (χ1v) is 10.8. The Hall–Kier alpha value is -1.92. The topological polar surface area (TPSA) is 87.7 Å². The van der Waals surface area contributed by atoms with Crippen LogP contribution in [0.25, 0.3) is 0 Å². The largest absolute Gasteiger partial charge is 0.391 e. The third-order valence-corrected chi connectivity index (χ3v) is 6.53. The Morgan fingerprint density at radius 3 is 2.48 bits per heavy atom. The number of amides is 2. The van der Waals surface area contributed by atoms with Crippen molar-refractivity contribution in [3.63, 3.8) is 0 Å². The molecule has 3 N–H and O–H groups in total. The van der Waals surface area contributed by atoms with Crippen LogP contribution < -0.4 is 10.6 Å². The average Bonchev–Trinajstić information content (AvgIpc) is 2.88. The van der Waals surface area contributed by atoms with Crippen LogP contribution in [0.5, 0.6) is 0 Å². The highest BCUT2D eigenvalue weighted by atomic mass is 16.5. The van der Waals surface area contributed by atoms with Crippen molar-refractivity contribution in [2.75, 3.05) is 19.8 Å². The van der Waals surface area contributed by atoms with Crippen LogP contribution in [0, 0.1) is 5.92 Å². The van der Waals surface area contributed by atoms with Crippen LogP contribution in [0.1, 0.15) is 57.4 Å². The van der Waals surface area contributed by atoms with Crippen molar-refractivity contribution in [2.45, 2.75) is 69.4 Å². The van der Waals surface area contributed by atoms with Crippen molar-refractivity contribution in [1.29, 1.82) is 0 Å². The van der Waals surface area contributed by atoms with Crippen molar-refractivity contribution in [3.8, 4) is 0 Å². The lowest BCUT2D eigenvalue weighted by Crippen LogP contribution is -2.42. The summed E-state index contributed by atoms with van der Waals surface area (Å²) in [7, 11) is 0. The second-order valence-electron chi connectivity index (χ2n) is 8.63. The molecule has 3 rings (SSSR count). The molecule has 1 aromatic rings. The summed E-state index contributed by atoms with van der Waals surface area (Å²) in [5, 5.41) is 16.6. The maximum atomic E-state index is 12.6. The molecule has 2 aliphatic rings. The molecule has 0 spiro atoms. The first kappa shape index (κ1) is 21.8. The van der Waals surface area contributed by atoms with Crippen LogP contribution in [0.4, 0.5) is 0 Å². The van der Waals surface area contributed by atoms with Gasteiger partial charge in [0.2, 0.25) is 11.8 Å². The summed E-state index contributed by atoms with van der Waals surface area (Å²) < 4.78 is 5.39. The van der Waals surface area contributed by atoms with E-state index in [-0.39, 0.29) is 23.3 Å². The van der Waals surface area contributed by atoms with Crippen LogP contribution in [0.3, 0.4) is 0 Å². The number of carbonyl (C=O) groups is 2. The molecule has 6 nitrogen and oxygen atoms in total. The Bertz CT molecular complexity index is 675. The summed E-state index contributed by atoms with van der Waals surface area (Å²) in [6.07, 6.45) is 4.72. The van der Waals surface area contributed by atoms with Crippen LogP contribution in [0.2, 0.25) is 0 Å². The van der Waals surface area contributed by atoms with Gasteiger partial charge in [-0.05, 0) is 50.0 Å². The predicted octanol–water partition coefficient (Wildman–Crippen LogP) is 2.30. The lowest BCUT2D eigenvalue weighted by atomic mass is 9.74. The van der Waals surface area contributed by atoms with Crippen molar-refractivity contribution >= 4 is 11.8 Å². The molecular formula is C23H34N2O4. The normalized spacial score (nSPS) is 28.3. The van der Waals surface area contributed by atoms with Crippen LogP contribution in [-0.4, -0.2) is 48.8 Å². The first-order chi connectivity index (χ1) is 14.0. The second-order valence-corrected chi connectivity index (χ2v) is 8.63. The fraction of sp³-hybridized carbons (Fsp3) is 0.652. The summed E-state index contributed by atoms with van der Waals surface area (Å²) in [4.78, 5) is 24.1. The molecule has 0 bridgehead atoms. The first-order valence-electron chi connectivity index (χ1n) is 10.8. The molecule has 1 saturated carbocycles. The molecule has 2 amide bonds. The summed E-state index contributed by atoms with van der Waals surface area (Å²) in [6, 6.07) is 10.0. The SMILES string of the molecule is CC(=O)N[C@H]1CC[C@](CNC(=O)CC2CCOCC2)(c2ccccc2)CC[C@@H]1O. The number of hydrogen-bond donors (Lipinski definition) is 3. The molecule has 1 aliphatic heterocycles. The van der Waals surface area contributed by atoms with Gasteiger partial charge < -0.3 is 20.5 Å². The molecule has 6 heteroatoms. The molecule has 1 aromatic carbocycles. The zero-order valence-corrected chi connectivity index (χ0v) is 17.4. The van der Waals surface area contributed by atoms with E-state index in [9.17, 15) is 14.7 Å². The fourth-order valence-corrected chi connectivity index (χ4v) is 4.72. The van der Waals surface area contributed by atoms with Crippen LogP contribution >= 0.6 is 0 Å². The number of benzene rings is 1. The monoisotopic (exact) mass is 402 g/mol. The minimum atomic E-state index is -0.567. The van der Waals surface area contributed by atoms with Crippen molar-refractivity contribution in [2.24, 2.45) is 5.92 Å². The number of nitrogens with one attached hydrogen (secondary N) is 2. The molecule has 2 fully saturated rings. The molecule has 1 heterocycles. The third kappa shape index (κ3) is 6.03. The quantitative estimate of drug-likeness (QED) is 0.637. The van der Waals surface area contributed by atoms with Crippen molar-refractivity contribution < 1.29 is 19.4 Å². The van der Waals surface area contributed by atoms with E-state index in [1.807, 2.05) is 18.2 Å². The Labute approximate surface area is 173 Å². The second kappa shape index (κ2) is 10.2. The maximum absolute atomic E-state index is 12.6. The zero-order valence-electron chi connectivity index (χ0n) is 17.4. The molecule has 0 radical (unpaired) electrons. The predicted molar refractivity (Wildman–Crippen MR) is 111 cm³/mol. The number of aliphatic hydroxyl groups excluding tert-OH is 1. The fourth-order valence-electron chi connectivity index (χ4n) is 4.72. The van der Waals surface area contributed by atoms with Gasteiger partial charge >= 0.3 is 0 Å². The van der Waals surface area contributed by atoms with E-state index in [2.05, 4.69) is 22.8 Å². The van der Waals surface area contributed by atoms with Crippen LogP contribution in [0.15, 0.2) is 30.3 Å². The molecule has 160 valence electrons. The van der Waals surface area contributed by atoms with Gasteiger partial charge in [-0.3, -0.25) is 9.59 Å². The van der Waals surface area contributed by atoms with Crippen molar-refractivity contribution in [1.82, 2.24) is 10.6 Å². The molecule has 1 saturated heterocycles. The zero-order chi connectivity index (χ0) is 20.7. The molecule has 1 aliphatic carbocycles. The lowest BCUT2D eigenvalue weighted by Gasteiger charge is -2.34. The molecule has 29 heavy (non-hydrogen) atoms. The van der Waals surface area contributed by atoms with E-state index in [0.29, 0.717) is 31.7 Å². The van der Waals surface area contributed by atoms with Gasteiger partial charge in [0, 0.05) is 38.5 Å². The van der Waals surface area contributed by atoms with Gasteiger partial charge in [0.15, 0.2) is 0 Å². The van der Waals surface area contributed by atoms with Gasteiger partial charge in [-0.1, -0.05) is 30.3 Å². The minimum Gasteiger partial charge on any atom is -0.391 e. The van der Waals surface area contributed by atoms with E-state index >= 15 is 0 Å².